The maximum Gasteiger partial charge on any atom is 0.354 e. The number of fused-ring (bicyclic) bond motifs is 2. The number of pyridine rings is 1. The molecule has 9 nitrogen and oxygen atoms in total. The highest BCUT2D eigenvalue weighted by molar-refractivity contribution is 7.96. The molecule has 2 unspecified atom stereocenters. The Morgan fingerprint density at radius 2 is 2.13 bits per heavy atom. The predicted octanol–water partition coefficient (Wildman–Crippen LogP) is 2.50. The van der Waals surface area contributed by atoms with Gasteiger partial charge in [0.15, 0.2) is 9.92 Å². The van der Waals surface area contributed by atoms with E-state index >= 15 is 0 Å². The number of nitrogens with two attached hydrogens (primary N) is 2. The third-order valence-corrected chi connectivity index (χ3v) is 8.19. The van der Waals surface area contributed by atoms with Gasteiger partial charge in [-0.3, -0.25) is 4.98 Å². The van der Waals surface area contributed by atoms with Gasteiger partial charge in [0.1, 0.15) is 4.91 Å². The first kappa shape index (κ1) is 20.4. The topological polar surface area (TPSA) is 145 Å². The van der Waals surface area contributed by atoms with Gasteiger partial charge in [0.2, 0.25) is 5.90 Å². The zero-order valence-corrected chi connectivity index (χ0v) is 18.5. The number of amides is 2. The Labute approximate surface area is 182 Å². The molecule has 5 rings (SSSR count). The van der Waals surface area contributed by atoms with Crippen LogP contribution in [-0.2, 0) is 33.9 Å². The number of nitrogens with zero attached hydrogens (tertiary/aromatic N) is 3. The normalized spacial score (nSPS) is 25.2. The summed E-state index contributed by atoms with van der Waals surface area (Å²) in [6.45, 7) is 3.21. The van der Waals surface area contributed by atoms with Crippen LogP contribution in [0.1, 0.15) is 61.0 Å². The first-order chi connectivity index (χ1) is 14.8. The fourth-order valence-corrected chi connectivity index (χ4v) is 5.69. The summed E-state index contributed by atoms with van der Waals surface area (Å²) in [6.07, 6.45) is 7.82. The highest BCUT2D eigenvalue weighted by atomic mass is 32.2. The lowest BCUT2D eigenvalue weighted by Crippen LogP contribution is -2.31. The molecular weight excluding hydrogens is 416 g/mol. The smallest absolute Gasteiger partial charge is 0.354 e. The molecule has 0 saturated heterocycles. The monoisotopic (exact) mass is 444 g/mol. The molecule has 3 aliphatic carbocycles. The number of nitrogens with one attached hydrogen (secondary N) is 1. The molecule has 5 N–H and O–H groups in total. The number of aryl methyl sites for hydroxylation is 1. The van der Waals surface area contributed by atoms with Gasteiger partial charge in [0.05, 0.1) is 18.8 Å². The Bertz CT molecular complexity index is 1140. The van der Waals surface area contributed by atoms with Crippen molar-refractivity contribution in [3.8, 4) is 0 Å². The van der Waals surface area contributed by atoms with Crippen LogP contribution < -0.4 is 16.2 Å². The van der Waals surface area contributed by atoms with Crippen LogP contribution in [0.2, 0.25) is 0 Å². The molecule has 1 aromatic rings. The van der Waals surface area contributed by atoms with Crippen molar-refractivity contribution in [2.75, 3.05) is 18.5 Å². The maximum atomic E-state index is 13.1. The summed E-state index contributed by atoms with van der Waals surface area (Å²) >= 11 is 0. The predicted molar refractivity (Wildman–Crippen MR) is 119 cm³/mol. The second-order valence-corrected chi connectivity index (χ2v) is 10.9. The van der Waals surface area contributed by atoms with Crippen LogP contribution >= 0.6 is 0 Å². The average molecular weight is 445 g/mol. The number of carbonyl (C=O) groups excluding carboxylic acids is 1. The molecule has 2 heterocycles. The van der Waals surface area contributed by atoms with E-state index in [1.807, 2.05) is 0 Å². The summed E-state index contributed by atoms with van der Waals surface area (Å²) in [7, 11) is -3.62. The van der Waals surface area contributed by atoms with Crippen LogP contribution in [0.15, 0.2) is 20.5 Å². The lowest BCUT2D eigenvalue weighted by Gasteiger charge is -2.22. The number of urea groups is 1. The van der Waals surface area contributed by atoms with E-state index in [0.717, 1.165) is 79.3 Å². The average Bonchev–Trinajstić information content (AvgIpc) is 3.13. The number of rotatable bonds is 3. The fourth-order valence-electron chi connectivity index (χ4n) is 4.73. The molecule has 2 atom stereocenters. The molecule has 10 heteroatoms. The molecule has 0 radical (unpaired) electrons. The van der Waals surface area contributed by atoms with Crippen molar-refractivity contribution in [2.45, 2.75) is 57.8 Å². The molecule has 0 bridgehead atoms. The summed E-state index contributed by atoms with van der Waals surface area (Å²) in [4.78, 5) is 22.0. The van der Waals surface area contributed by atoms with Crippen LogP contribution in [0, 0.1) is 5.41 Å². The van der Waals surface area contributed by atoms with Crippen molar-refractivity contribution < 1.29 is 13.7 Å². The van der Waals surface area contributed by atoms with E-state index in [9.17, 15) is 9.00 Å². The third kappa shape index (κ3) is 3.61. The zero-order valence-electron chi connectivity index (χ0n) is 17.6. The number of carbonyl (C=O) groups is 1. The molecule has 4 aliphatic rings. The molecule has 1 aliphatic heterocycles. The number of aromatic nitrogens is 1. The molecule has 2 amide bonds. The summed E-state index contributed by atoms with van der Waals surface area (Å²) in [5.41, 5.74) is 10.8. The summed E-state index contributed by atoms with van der Waals surface area (Å²) < 4.78 is 22.6. The number of aliphatic imine (C=N–C) groups is 1. The van der Waals surface area contributed by atoms with Gasteiger partial charge in [-0.25, -0.2) is 19.1 Å². The van der Waals surface area contributed by atoms with Crippen LogP contribution in [-0.4, -0.2) is 34.3 Å². The minimum atomic E-state index is -3.62. The molecule has 31 heavy (non-hydrogen) atoms. The highest BCUT2D eigenvalue weighted by Gasteiger charge is 2.46. The van der Waals surface area contributed by atoms with Gasteiger partial charge in [0, 0.05) is 23.0 Å². The van der Waals surface area contributed by atoms with Crippen molar-refractivity contribution in [1.29, 1.82) is 0 Å². The maximum absolute atomic E-state index is 13.1. The van der Waals surface area contributed by atoms with Crippen LogP contribution in [0.3, 0.4) is 0 Å². The Morgan fingerprint density at radius 1 is 1.32 bits per heavy atom. The Kier molecular flexibility index (Phi) is 4.82. The number of hydrogen-bond acceptors (Lipinski definition) is 6. The van der Waals surface area contributed by atoms with Crippen LogP contribution in [0.25, 0.3) is 0 Å². The van der Waals surface area contributed by atoms with E-state index in [4.69, 9.17) is 20.6 Å². The van der Waals surface area contributed by atoms with Gasteiger partial charge in [-0.2, -0.15) is 0 Å². The lowest BCUT2D eigenvalue weighted by molar-refractivity contribution is 0.207. The van der Waals surface area contributed by atoms with E-state index in [1.165, 1.54) is 0 Å². The molecule has 1 spiro atoms. The standard InChI is InChI=1S/C21H28N6O3S/c1-12-5-6-14-17(12)25-15-4-2-3-13(15)18(14)26-20(28)27-31(23,29)16(9-22)19-24-10-21(7-8-21)11-30-19/h9,12H,2-8,10-11,22H2,1H3,(H3,23,25,26,27,28,29)/b16-9+. The van der Waals surface area contributed by atoms with E-state index in [-0.39, 0.29) is 16.2 Å². The third-order valence-electron chi connectivity index (χ3n) is 6.81. The molecule has 1 aromatic heterocycles. The van der Waals surface area contributed by atoms with Crippen LogP contribution in [0.5, 0.6) is 0 Å². The molecule has 0 aromatic carbocycles. The first-order valence-corrected chi connectivity index (χ1v) is 12.4. The Morgan fingerprint density at radius 3 is 2.81 bits per heavy atom. The Hall–Kier alpha value is -2.46. The van der Waals surface area contributed by atoms with E-state index in [0.29, 0.717) is 19.1 Å². The second-order valence-electron chi connectivity index (χ2n) is 9.10. The highest BCUT2D eigenvalue weighted by Crippen LogP contribution is 2.47. The first-order valence-electron chi connectivity index (χ1n) is 10.8. The second kappa shape index (κ2) is 7.30. The van der Waals surface area contributed by atoms with Gasteiger partial charge in [-0.15, -0.1) is 4.36 Å². The molecular formula is C21H28N6O3S. The van der Waals surface area contributed by atoms with E-state index < -0.39 is 15.9 Å². The minimum Gasteiger partial charge on any atom is -0.476 e. The van der Waals surface area contributed by atoms with Crippen molar-refractivity contribution >= 4 is 27.5 Å². The van der Waals surface area contributed by atoms with Gasteiger partial charge < -0.3 is 15.8 Å². The van der Waals surface area contributed by atoms with Crippen molar-refractivity contribution in [3.05, 3.63) is 33.6 Å². The van der Waals surface area contributed by atoms with E-state index in [2.05, 4.69) is 21.6 Å². The van der Waals surface area contributed by atoms with Gasteiger partial charge >= 0.3 is 6.03 Å². The molecule has 1 fully saturated rings. The number of hydrogen-bond donors (Lipinski definition) is 3. The number of ether oxygens (including phenoxy) is 1. The van der Waals surface area contributed by atoms with Crippen molar-refractivity contribution in [3.63, 3.8) is 0 Å². The summed E-state index contributed by atoms with van der Waals surface area (Å²) in [5, 5.41) is 8.84. The quantitative estimate of drug-likeness (QED) is 0.656. The van der Waals surface area contributed by atoms with Crippen molar-refractivity contribution in [2.24, 2.45) is 25.6 Å². The van der Waals surface area contributed by atoms with Crippen molar-refractivity contribution in [1.82, 2.24) is 4.98 Å². The molecule has 166 valence electrons. The van der Waals surface area contributed by atoms with Gasteiger partial charge in [0.25, 0.3) is 0 Å². The SMILES string of the molecule is CC1CCc2c1nc1c(c2NC(=O)N=S(N)(=O)/C(=C/N)C2=NCC3(CC3)CO2)CCC1. The Balaban J connectivity index is 1.43. The summed E-state index contributed by atoms with van der Waals surface area (Å²) in [6, 6.07) is -0.760. The summed E-state index contributed by atoms with van der Waals surface area (Å²) in [5.74, 6) is 0.471. The largest absolute Gasteiger partial charge is 0.476 e. The van der Waals surface area contributed by atoms with E-state index in [1.54, 1.807) is 0 Å². The molecule has 1 saturated carbocycles. The fraction of sp³-hybridized carbons (Fsp3) is 0.571. The van der Waals surface area contributed by atoms with Crippen LogP contribution in [0.4, 0.5) is 10.5 Å². The van der Waals surface area contributed by atoms with Gasteiger partial charge in [-0.05, 0) is 62.0 Å². The number of anilines is 1. The lowest BCUT2D eigenvalue weighted by atomic mass is 10.0. The zero-order chi connectivity index (χ0) is 21.8. The van der Waals surface area contributed by atoms with Gasteiger partial charge in [-0.1, -0.05) is 6.92 Å². The minimum absolute atomic E-state index is 0.0445.